The first kappa shape index (κ1) is 13.9. The maximum absolute atomic E-state index is 12.1. The Hall–Kier alpha value is -2.11. The number of carbonyl (C=O) groups is 1. The minimum atomic E-state index is -0.143. The summed E-state index contributed by atoms with van der Waals surface area (Å²) < 4.78 is 5.17. The molecule has 3 heterocycles. The van der Waals surface area contributed by atoms with Crippen LogP contribution < -0.4 is 5.32 Å². The van der Waals surface area contributed by atoms with Crippen LogP contribution in [0.15, 0.2) is 63.2 Å². The molecule has 0 aliphatic heterocycles. The Morgan fingerprint density at radius 3 is 2.86 bits per heavy atom. The van der Waals surface area contributed by atoms with E-state index in [1.54, 1.807) is 47.1 Å². The normalized spacial score (nSPS) is 12.6. The SMILES string of the molecule is O=C(/C=C/c1ccco1)NC(c1ccsc1)c1cccs1. The van der Waals surface area contributed by atoms with E-state index in [9.17, 15) is 4.79 Å². The van der Waals surface area contributed by atoms with Gasteiger partial charge in [-0.15, -0.1) is 11.3 Å². The second kappa shape index (κ2) is 6.56. The van der Waals surface area contributed by atoms with Crippen LogP contribution in [0, 0.1) is 0 Å². The lowest BCUT2D eigenvalue weighted by Crippen LogP contribution is -2.26. The van der Waals surface area contributed by atoms with Crippen LogP contribution in [0.3, 0.4) is 0 Å². The van der Waals surface area contributed by atoms with Crippen molar-refractivity contribution in [2.45, 2.75) is 6.04 Å². The Bertz CT molecular complexity index is 663. The van der Waals surface area contributed by atoms with Gasteiger partial charge in [-0.25, -0.2) is 0 Å². The van der Waals surface area contributed by atoms with Crippen LogP contribution in [0.25, 0.3) is 6.08 Å². The molecule has 3 rings (SSSR count). The molecule has 5 heteroatoms. The predicted molar refractivity (Wildman–Crippen MR) is 86.4 cm³/mol. The summed E-state index contributed by atoms with van der Waals surface area (Å²) in [5, 5.41) is 9.12. The van der Waals surface area contributed by atoms with E-state index in [0.29, 0.717) is 5.76 Å². The first-order chi connectivity index (χ1) is 10.3. The molecule has 0 saturated carbocycles. The minimum absolute atomic E-state index is 0.106. The van der Waals surface area contributed by atoms with E-state index in [1.165, 1.54) is 6.08 Å². The highest BCUT2D eigenvalue weighted by Gasteiger charge is 2.17. The smallest absolute Gasteiger partial charge is 0.244 e. The number of amides is 1. The van der Waals surface area contributed by atoms with Crippen LogP contribution in [0.2, 0.25) is 0 Å². The largest absolute Gasteiger partial charge is 0.465 e. The molecule has 1 atom stereocenters. The average molecular weight is 315 g/mol. The second-order valence-corrected chi connectivity index (χ2v) is 6.12. The number of furan rings is 1. The molecule has 3 aromatic heterocycles. The van der Waals surface area contributed by atoms with Gasteiger partial charge in [0.15, 0.2) is 0 Å². The maximum atomic E-state index is 12.1. The van der Waals surface area contributed by atoms with Crippen molar-refractivity contribution < 1.29 is 9.21 Å². The fourth-order valence-electron chi connectivity index (χ4n) is 1.95. The van der Waals surface area contributed by atoms with Crippen LogP contribution >= 0.6 is 22.7 Å². The monoisotopic (exact) mass is 315 g/mol. The second-order valence-electron chi connectivity index (χ2n) is 4.36. The van der Waals surface area contributed by atoms with Crippen molar-refractivity contribution in [2.24, 2.45) is 0 Å². The van der Waals surface area contributed by atoms with E-state index in [2.05, 4.69) is 10.7 Å². The third-order valence-corrected chi connectivity index (χ3v) is 4.57. The molecule has 0 fully saturated rings. The number of hydrogen-bond acceptors (Lipinski definition) is 4. The molecule has 0 radical (unpaired) electrons. The van der Waals surface area contributed by atoms with E-state index in [-0.39, 0.29) is 11.9 Å². The molecule has 1 unspecified atom stereocenters. The van der Waals surface area contributed by atoms with Gasteiger partial charge in [-0.3, -0.25) is 4.79 Å². The zero-order valence-electron chi connectivity index (χ0n) is 11.1. The summed E-state index contributed by atoms with van der Waals surface area (Å²) in [7, 11) is 0. The lowest BCUT2D eigenvalue weighted by atomic mass is 10.1. The number of rotatable bonds is 5. The van der Waals surface area contributed by atoms with Crippen LogP contribution in [-0.4, -0.2) is 5.91 Å². The highest BCUT2D eigenvalue weighted by molar-refractivity contribution is 7.10. The zero-order valence-corrected chi connectivity index (χ0v) is 12.7. The van der Waals surface area contributed by atoms with Crippen LogP contribution in [0.4, 0.5) is 0 Å². The van der Waals surface area contributed by atoms with Crippen molar-refractivity contribution in [3.63, 3.8) is 0 Å². The molecule has 3 aromatic rings. The van der Waals surface area contributed by atoms with E-state index >= 15 is 0 Å². The maximum Gasteiger partial charge on any atom is 0.244 e. The van der Waals surface area contributed by atoms with Gasteiger partial charge in [0.25, 0.3) is 0 Å². The number of thiophene rings is 2. The van der Waals surface area contributed by atoms with E-state index < -0.39 is 0 Å². The van der Waals surface area contributed by atoms with Gasteiger partial charge in [0.05, 0.1) is 12.3 Å². The minimum Gasteiger partial charge on any atom is -0.465 e. The van der Waals surface area contributed by atoms with E-state index in [0.717, 1.165) is 10.4 Å². The summed E-state index contributed by atoms with van der Waals surface area (Å²) in [4.78, 5) is 13.2. The first-order valence-electron chi connectivity index (χ1n) is 6.40. The first-order valence-corrected chi connectivity index (χ1v) is 8.23. The zero-order chi connectivity index (χ0) is 14.5. The molecule has 0 bridgehead atoms. The molecule has 1 N–H and O–H groups in total. The molecule has 0 aliphatic rings. The number of nitrogens with one attached hydrogen (secondary N) is 1. The Morgan fingerprint density at radius 2 is 2.19 bits per heavy atom. The Balaban J connectivity index is 1.74. The summed E-state index contributed by atoms with van der Waals surface area (Å²) in [5.41, 5.74) is 1.10. The van der Waals surface area contributed by atoms with Crippen LogP contribution in [0.1, 0.15) is 22.2 Å². The van der Waals surface area contributed by atoms with E-state index in [1.807, 2.05) is 29.0 Å². The summed E-state index contributed by atoms with van der Waals surface area (Å²) in [5.74, 6) is 0.518. The topological polar surface area (TPSA) is 42.2 Å². The van der Waals surface area contributed by atoms with Gasteiger partial charge in [-0.1, -0.05) is 6.07 Å². The highest BCUT2D eigenvalue weighted by atomic mass is 32.1. The van der Waals surface area contributed by atoms with Gasteiger partial charge in [0.1, 0.15) is 5.76 Å². The van der Waals surface area contributed by atoms with Gasteiger partial charge in [-0.2, -0.15) is 11.3 Å². The lowest BCUT2D eigenvalue weighted by Gasteiger charge is -2.15. The lowest BCUT2D eigenvalue weighted by molar-refractivity contribution is -0.116. The Morgan fingerprint density at radius 1 is 1.24 bits per heavy atom. The molecule has 0 aromatic carbocycles. The number of carbonyl (C=O) groups excluding carboxylic acids is 1. The fraction of sp³-hybridized carbons (Fsp3) is 0.0625. The molecular formula is C16H13NO2S2. The molecule has 0 saturated heterocycles. The number of hydrogen-bond donors (Lipinski definition) is 1. The van der Waals surface area contributed by atoms with Gasteiger partial charge >= 0.3 is 0 Å². The molecule has 0 aliphatic carbocycles. The van der Waals surface area contributed by atoms with Gasteiger partial charge < -0.3 is 9.73 Å². The van der Waals surface area contributed by atoms with Gasteiger partial charge in [0.2, 0.25) is 5.91 Å². The van der Waals surface area contributed by atoms with Gasteiger partial charge in [-0.05, 0) is 52.0 Å². The molecule has 21 heavy (non-hydrogen) atoms. The van der Waals surface area contributed by atoms with Crippen LogP contribution in [0.5, 0.6) is 0 Å². The quantitative estimate of drug-likeness (QED) is 0.712. The van der Waals surface area contributed by atoms with Crippen molar-refractivity contribution in [3.8, 4) is 0 Å². The Labute approximate surface area is 130 Å². The Kier molecular flexibility index (Phi) is 4.33. The summed E-state index contributed by atoms with van der Waals surface area (Å²) in [6, 6.07) is 9.54. The molecule has 3 nitrogen and oxygen atoms in total. The van der Waals surface area contributed by atoms with Crippen LogP contribution in [-0.2, 0) is 4.79 Å². The van der Waals surface area contributed by atoms with Crippen molar-refractivity contribution in [3.05, 3.63) is 75.0 Å². The molecule has 106 valence electrons. The molecular weight excluding hydrogens is 302 g/mol. The van der Waals surface area contributed by atoms with Crippen molar-refractivity contribution >= 4 is 34.7 Å². The van der Waals surface area contributed by atoms with Crippen molar-refractivity contribution in [1.29, 1.82) is 0 Å². The summed E-state index contributed by atoms with van der Waals surface area (Å²) >= 11 is 3.26. The third-order valence-electron chi connectivity index (χ3n) is 2.93. The third kappa shape index (κ3) is 3.51. The summed E-state index contributed by atoms with van der Waals surface area (Å²) in [6.07, 6.45) is 4.73. The van der Waals surface area contributed by atoms with Crippen molar-refractivity contribution in [2.75, 3.05) is 0 Å². The van der Waals surface area contributed by atoms with Crippen molar-refractivity contribution in [1.82, 2.24) is 5.32 Å². The summed E-state index contributed by atoms with van der Waals surface area (Å²) in [6.45, 7) is 0. The standard InChI is InChI=1S/C16H13NO2S2/c18-15(6-5-13-3-1-8-19-13)17-16(12-7-10-20-11-12)14-4-2-9-21-14/h1-11,16H,(H,17,18)/b6-5+. The highest BCUT2D eigenvalue weighted by Crippen LogP contribution is 2.27. The predicted octanol–water partition coefficient (Wildman–Crippen LogP) is 4.32. The average Bonchev–Trinajstić information content (AvgIpc) is 3.26. The molecule has 1 amide bonds. The molecule has 0 spiro atoms. The van der Waals surface area contributed by atoms with Gasteiger partial charge in [0, 0.05) is 11.0 Å². The fourth-order valence-corrected chi connectivity index (χ4v) is 3.44. The van der Waals surface area contributed by atoms with E-state index in [4.69, 9.17) is 4.42 Å².